The number of rotatable bonds is 8. The largest absolute Gasteiger partial charge is 0.477 e. The van der Waals surface area contributed by atoms with Gasteiger partial charge in [0.2, 0.25) is 11.8 Å². The molecule has 2 aromatic rings. The molecule has 1 heterocycles. The molecular formula is C20H19ClF3N5O2. The average molecular weight is 454 g/mol. The van der Waals surface area contributed by atoms with Crippen LogP contribution >= 0.6 is 11.6 Å². The lowest BCUT2D eigenvalue weighted by Gasteiger charge is -2.14. The summed E-state index contributed by atoms with van der Waals surface area (Å²) in [6, 6.07) is 5.38. The molecule has 7 nitrogen and oxygen atoms in total. The molecule has 1 fully saturated rings. The van der Waals surface area contributed by atoms with Crippen molar-refractivity contribution in [3.63, 3.8) is 0 Å². The van der Waals surface area contributed by atoms with Gasteiger partial charge in [-0.1, -0.05) is 11.6 Å². The number of ether oxygens (including phenoxy) is 1. The van der Waals surface area contributed by atoms with Crippen molar-refractivity contribution in [1.82, 2.24) is 15.3 Å². The number of alkyl halides is 3. The first kappa shape index (κ1) is 22.8. The number of aromatic nitrogens is 2. The molecule has 1 saturated carbocycles. The molecule has 1 amide bonds. The van der Waals surface area contributed by atoms with Crippen molar-refractivity contribution in [2.24, 2.45) is 11.1 Å². The Morgan fingerprint density at radius 1 is 1.39 bits per heavy atom. The zero-order valence-corrected chi connectivity index (χ0v) is 17.1. The van der Waals surface area contributed by atoms with Crippen LogP contribution in [0.5, 0.6) is 5.88 Å². The van der Waals surface area contributed by atoms with E-state index in [0.717, 1.165) is 12.1 Å². The predicted molar refractivity (Wildman–Crippen MR) is 106 cm³/mol. The number of nitrogens with one attached hydrogen (secondary N) is 1. The van der Waals surface area contributed by atoms with Crippen LogP contribution in [0.3, 0.4) is 0 Å². The molecule has 0 aliphatic heterocycles. The van der Waals surface area contributed by atoms with Gasteiger partial charge in [-0.2, -0.15) is 23.4 Å². The Morgan fingerprint density at radius 2 is 2.13 bits per heavy atom. The monoisotopic (exact) mass is 453 g/mol. The van der Waals surface area contributed by atoms with Crippen LogP contribution in [0.2, 0.25) is 5.02 Å². The Labute approximate surface area is 181 Å². The molecule has 0 saturated heterocycles. The lowest BCUT2D eigenvalue weighted by atomic mass is 10.1. The fourth-order valence-electron chi connectivity index (χ4n) is 2.77. The molecule has 1 aliphatic carbocycles. The molecule has 164 valence electrons. The van der Waals surface area contributed by atoms with Crippen LogP contribution in [0, 0.1) is 16.7 Å². The van der Waals surface area contributed by atoms with E-state index in [4.69, 9.17) is 27.3 Å². The van der Waals surface area contributed by atoms with Gasteiger partial charge in [-0.25, -0.2) is 4.98 Å². The molecule has 31 heavy (non-hydrogen) atoms. The minimum atomic E-state index is -4.63. The number of hydrogen-bond donors (Lipinski definition) is 2. The van der Waals surface area contributed by atoms with Crippen LogP contribution < -0.4 is 15.8 Å². The standard InChI is InChI=1S/C20H19ClF3N5O2/c21-15-3-2-12(8-14(15)20(22,23)24)16-27-9-13(17(29-16)31-7-1-6-25)10-28-18(30)19(11-26)4-5-19/h2-3,8-9H,1,4-7,10,25H2,(H,28,30). The van der Waals surface area contributed by atoms with Crippen molar-refractivity contribution >= 4 is 17.5 Å². The van der Waals surface area contributed by atoms with Gasteiger partial charge in [0.25, 0.3) is 0 Å². The molecular weight excluding hydrogens is 435 g/mol. The van der Waals surface area contributed by atoms with Crippen LogP contribution in [-0.4, -0.2) is 29.0 Å². The Balaban J connectivity index is 1.87. The highest BCUT2D eigenvalue weighted by Gasteiger charge is 2.50. The molecule has 1 aliphatic rings. The number of carbonyl (C=O) groups excluding carboxylic acids is 1. The maximum atomic E-state index is 13.2. The first-order chi connectivity index (χ1) is 14.7. The van der Waals surface area contributed by atoms with Crippen LogP contribution in [0.25, 0.3) is 11.4 Å². The first-order valence-electron chi connectivity index (χ1n) is 9.45. The number of nitriles is 1. The highest BCUT2D eigenvalue weighted by Crippen LogP contribution is 2.45. The van der Waals surface area contributed by atoms with Crippen LogP contribution in [-0.2, 0) is 17.5 Å². The van der Waals surface area contributed by atoms with E-state index in [-0.39, 0.29) is 36.3 Å². The normalized spacial score (nSPS) is 14.6. The second-order valence-electron chi connectivity index (χ2n) is 7.08. The Bertz CT molecular complexity index is 1020. The third kappa shape index (κ3) is 5.24. The van der Waals surface area contributed by atoms with Gasteiger partial charge in [-0.3, -0.25) is 4.79 Å². The third-order valence-corrected chi connectivity index (χ3v) is 5.11. The molecule has 0 atom stereocenters. The summed E-state index contributed by atoms with van der Waals surface area (Å²) in [5.74, 6) is -0.265. The lowest BCUT2D eigenvalue weighted by molar-refractivity contribution is -0.137. The van der Waals surface area contributed by atoms with Crippen LogP contribution in [0.1, 0.15) is 30.4 Å². The number of hydrogen-bond acceptors (Lipinski definition) is 6. The van der Waals surface area contributed by atoms with E-state index >= 15 is 0 Å². The number of amides is 1. The van der Waals surface area contributed by atoms with Crippen molar-refractivity contribution in [3.05, 3.63) is 40.5 Å². The topological polar surface area (TPSA) is 114 Å². The number of carbonyl (C=O) groups is 1. The minimum Gasteiger partial charge on any atom is -0.477 e. The van der Waals surface area contributed by atoms with Crippen molar-refractivity contribution in [1.29, 1.82) is 5.26 Å². The molecule has 3 N–H and O–H groups in total. The molecule has 1 aromatic carbocycles. The summed E-state index contributed by atoms with van der Waals surface area (Å²) in [5, 5.41) is 11.4. The van der Waals surface area contributed by atoms with Gasteiger partial charge < -0.3 is 15.8 Å². The fraction of sp³-hybridized carbons (Fsp3) is 0.400. The van der Waals surface area contributed by atoms with E-state index in [2.05, 4.69) is 15.3 Å². The molecule has 3 rings (SSSR count). The fourth-order valence-corrected chi connectivity index (χ4v) is 2.99. The summed E-state index contributed by atoms with van der Waals surface area (Å²) in [5.41, 5.74) is 4.02. The van der Waals surface area contributed by atoms with Crippen molar-refractivity contribution in [2.45, 2.75) is 32.0 Å². The predicted octanol–water partition coefficient (Wildman–Crippen LogP) is 3.46. The van der Waals surface area contributed by atoms with Crippen molar-refractivity contribution < 1.29 is 22.7 Å². The smallest absolute Gasteiger partial charge is 0.417 e. The zero-order valence-electron chi connectivity index (χ0n) is 16.3. The van der Waals surface area contributed by atoms with E-state index in [0.29, 0.717) is 31.4 Å². The summed E-state index contributed by atoms with van der Waals surface area (Å²) in [4.78, 5) is 20.6. The van der Waals surface area contributed by atoms with Gasteiger partial charge in [0, 0.05) is 18.3 Å². The number of halogens is 4. The Morgan fingerprint density at radius 3 is 2.74 bits per heavy atom. The van der Waals surface area contributed by atoms with Gasteiger partial charge in [-0.15, -0.1) is 0 Å². The second-order valence-corrected chi connectivity index (χ2v) is 7.49. The Hall–Kier alpha value is -2.90. The van der Waals surface area contributed by atoms with E-state index in [1.165, 1.54) is 12.3 Å². The highest BCUT2D eigenvalue weighted by molar-refractivity contribution is 6.31. The highest BCUT2D eigenvalue weighted by atomic mass is 35.5. The summed E-state index contributed by atoms with van der Waals surface area (Å²) >= 11 is 5.67. The second kappa shape index (κ2) is 9.08. The van der Waals surface area contributed by atoms with E-state index in [9.17, 15) is 18.0 Å². The number of nitrogens with zero attached hydrogens (tertiary/aromatic N) is 3. The minimum absolute atomic E-state index is 0.00885. The van der Waals surface area contributed by atoms with Gasteiger partial charge in [0.15, 0.2) is 5.82 Å². The van der Waals surface area contributed by atoms with Crippen molar-refractivity contribution in [3.8, 4) is 23.3 Å². The lowest BCUT2D eigenvalue weighted by Crippen LogP contribution is -2.31. The van der Waals surface area contributed by atoms with Crippen molar-refractivity contribution in [2.75, 3.05) is 13.2 Å². The quantitative estimate of drug-likeness (QED) is 0.591. The van der Waals surface area contributed by atoms with E-state index in [1.807, 2.05) is 6.07 Å². The van der Waals surface area contributed by atoms with Gasteiger partial charge in [0.1, 0.15) is 5.41 Å². The molecule has 1 aromatic heterocycles. The van der Waals surface area contributed by atoms with Gasteiger partial charge in [-0.05, 0) is 44.0 Å². The molecule has 11 heteroatoms. The summed E-state index contributed by atoms with van der Waals surface area (Å²) < 4.78 is 45.2. The molecule has 0 spiro atoms. The first-order valence-corrected chi connectivity index (χ1v) is 9.83. The Kier molecular flexibility index (Phi) is 6.67. The summed E-state index contributed by atoms with van der Waals surface area (Å²) in [7, 11) is 0. The van der Waals surface area contributed by atoms with Gasteiger partial charge in [0.05, 0.1) is 28.8 Å². The van der Waals surface area contributed by atoms with Crippen LogP contribution in [0.4, 0.5) is 13.2 Å². The SMILES string of the molecule is N#CC1(C(=O)NCc2cnc(-c3ccc(Cl)c(C(F)(F)F)c3)nc2OCCCN)CC1. The third-order valence-electron chi connectivity index (χ3n) is 4.78. The van der Waals surface area contributed by atoms with E-state index in [1.54, 1.807) is 0 Å². The number of nitrogens with two attached hydrogens (primary N) is 1. The average Bonchev–Trinajstić information content (AvgIpc) is 3.53. The molecule has 0 unspecified atom stereocenters. The zero-order chi connectivity index (χ0) is 22.6. The van der Waals surface area contributed by atoms with Gasteiger partial charge >= 0.3 is 6.18 Å². The maximum Gasteiger partial charge on any atom is 0.417 e. The summed E-state index contributed by atoms with van der Waals surface area (Å²) in [6.45, 7) is 0.611. The maximum absolute atomic E-state index is 13.2. The molecule has 0 radical (unpaired) electrons. The summed E-state index contributed by atoms with van der Waals surface area (Å²) in [6.07, 6.45) is -1.72. The number of benzene rings is 1. The molecule has 0 bridgehead atoms. The van der Waals surface area contributed by atoms with E-state index < -0.39 is 22.2 Å². The van der Waals surface area contributed by atoms with Crippen LogP contribution in [0.15, 0.2) is 24.4 Å².